The Morgan fingerprint density at radius 1 is 1.25 bits per heavy atom. The lowest BCUT2D eigenvalue weighted by Crippen LogP contribution is -1.95. The van der Waals surface area contributed by atoms with Crippen LogP contribution in [-0.2, 0) is 6.42 Å². The summed E-state index contributed by atoms with van der Waals surface area (Å²) < 4.78 is 7.10. The van der Waals surface area contributed by atoms with Gasteiger partial charge in [-0.2, -0.15) is 5.10 Å². The largest absolute Gasteiger partial charge is 0.465 e. The number of benzene rings is 1. The average molecular weight is 265 g/mol. The smallest absolute Gasteiger partial charge is 0.131 e. The Balaban J connectivity index is 1.89. The third kappa shape index (κ3) is 2.40. The fourth-order valence-electron chi connectivity index (χ4n) is 2.05. The molecule has 20 heavy (non-hydrogen) atoms. The maximum atomic E-state index is 5.22. The van der Waals surface area contributed by atoms with Crippen molar-refractivity contribution in [3.05, 3.63) is 60.3 Å². The van der Waals surface area contributed by atoms with Gasteiger partial charge in [0, 0.05) is 12.6 Å². The second kappa shape index (κ2) is 5.57. The van der Waals surface area contributed by atoms with E-state index < -0.39 is 0 Å². The Bertz CT molecular complexity index is 751. The molecule has 0 unspecified atom stereocenters. The third-order valence-electron chi connectivity index (χ3n) is 2.99. The maximum absolute atomic E-state index is 5.22. The predicted molar refractivity (Wildman–Crippen MR) is 80.7 cm³/mol. The summed E-state index contributed by atoms with van der Waals surface area (Å²) in [6.45, 7) is 2.08. The number of fused-ring (bicyclic) bond motifs is 1. The van der Waals surface area contributed by atoms with Crippen LogP contribution in [0.4, 0.5) is 0 Å². The standard InChI is InChI=1S/C16H15N3O/c1-2-16-18-14-9-3-4-10-15(14)19(16)17-11-5-7-13-8-6-12-20-13/h3-12H,2H2,1H3. The first-order chi connectivity index (χ1) is 9.88. The van der Waals surface area contributed by atoms with Gasteiger partial charge in [-0.05, 0) is 36.4 Å². The van der Waals surface area contributed by atoms with Gasteiger partial charge in [-0.3, -0.25) is 0 Å². The van der Waals surface area contributed by atoms with Gasteiger partial charge in [0.15, 0.2) is 0 Å². The summed E-state index contributed by atoms with van der Waals surface area (Å²) in [7, 11) is 0. The van der Waals surface area contributed by atoms with Gasteiger partial charge in [0.25, 0.3) is 0 Å². The van der Waals surface area contributed by atoms with Crippen molar-refractivity contribution in [2.75, 3.05) is 0 Å². The van der Waals surface area contributed by atoms with Crippen LogP contribution in [0.2, 0.25) is 0 Å². The number of furan rings is 1. The number of aryl methyl sites for hydroxylation is 1. The van der Waals surface area contributed by atoms with E-state index in [1.54, 1.807) is 12.5 Å². The molecule has 4 nitrogen and oxygen atoms in total. The van der Waals surface area contributed by atoms with Gasteiger partial charge in [-0.15, -0.1) is 0 Å². The molecule has 2 heterocycles. The van der Waals surface area contributed by atoms with Crippen molar-refractivity contribution in [1.29, 1.82) is 0 Å². The highest BCUT2D eigenvalue weighted by atomic mass is 16.3. The summed E-state index contributed by atoms with van der Waals surface area (Å²) in [5, 5.41) is 4.47. The van der Waals surface area contributed by atoms with Gasteiger partial charge in [0.1, 0.15) is 11.6 Å². The van der Waals surface area contributed by atoms with Crippen molar-refractivity contribution in [3.8, 4) is 0 Å². The van der Waals surface area contributed by atoms with Crippen molar-refractivity contribution in [1.82, 2.24) is 9.66 Å². The van der Waals surface area contributed by atoms with Crippen molar-refractivity contribution in [2.45, 2.75) is 13.3 Å². The molecule has 0 aliphatic rings. The highest BCUT2D eigenvalue weighted by molar-refractivity contribution is 5.80. The molecule has 0 aliphatic heterocycles. The van der Waals surface area contributed by atoms with Crippen LogP contribution in [0.1, 0.15) is 18.5 Å². The number of imidazole rings is 1. The second-order valence-corrected chi connectivity index (χ2v) is 4.32. The van der Waals surface area contributed by atoms with Crippen molar-refractivity contribution >= 4 is 23.3 Å². The van der Waals surface area contributed by atoms with Gasteiger partial charge >= 0.3 is 0 Å². The molecule has 2 aromatic heterocycles. The molecule has 0 fully saturated rings. The minimum Gasteiger partial charge on any atom is -0.465 e. The molecule has 0 N–H and O–H groups in total. The summed E-state index contributed by atoms with van der Waals surface area (Å²) in [5.41, 5.74) is 1.99. The lowest BCUT2D eigenvalue weighted by Gasteiger charge is -1.98. The molecule has 3 rings (SSSR count). The zero-order valence-corrected chi connectivity index (χ0v) is 11.2. The fraction of sp³-hybridized carbons (Fsp3) is 0.125. The Labute approximate surface area is 117 Å². The van der Waals surface area contributed by atoms with Gasteiger partial charge in [0.05, 0.1) is 17.3 Å². The van der Waals surface area contributed by atoms with Crippen LogP contribution in [0, 0.1) is 0 Å². The number of allylic oxidation sites excluding steroid dienone is 1. The molecule has 0 radical (unpaired) electrons. The molecule has 100 valence electrons. The SMILES string of the molecule is CCc1nc2ccccc2n1N=CC=Cc1ccco1. The summed E-state index contributed by atoms with van der Waals surface area (Å²) >= 11 is 0. The second-order valence-electron chi connectivity index (χ2n) is 4.32. The van der Waals surface area contributed by atoms with E-state index in [0.717, 1.165) is 29.0 Å². The molecular weight excluding hydrogens is 250 g/mol. The van der Waals surface area contributed by atoms with E-state index in [2.05, 4.69) is 17.0 Å². The molecule has 4 heteroatoms. The molecular formula is C16H15N3O. The first-order valence-corrected chi connectivity index (χ1v) is 6.59. The zero-order chi connectivity index (χ0) is 13.8. The molecule has 0 saturated heterocycles. The van der Waals surface area contributed by atoms with Crippen LogP contribution < -0.4 is 0 Å². The monoisotopic (exact) mass is 265 g/mol. The molecule has 0 aliphatic carbocycles. The zero-order valence-electron chi connectivity index (χ0n) is 11.2. The van der Waals surface area contributed by atoms with E-state index in [4.69, 9.17) is 4.42 Å². The van der Waals surface area contributed by atoms with Gasteiger partial charge in [-0.1, -0.05) is 19.1 Å². The van der Waals surface area contributed by atoms with Crippen LogP contribution in [0.3, 0.4) is 0 Å². The van der Waals surface area contributed by atoms with Crippen molar-refractivity contribution in [3.63, 3.8) is 0 Å². The first-order valence-electron chi connectivity index (χ1n) is 6.59. The summed E-state index contributed by atoms with van der Waals surface area (Å²) in [5.74, 6) is 1.76. The average Bonchev–Trinajstić information content (AvgIpc) is 3.11. The van der Waals surface area contributed by atoms with E-state index in [-0.39, 0.29) is 0 Å². The summed E-state index contributed by atoms with van der Waals surface area (Å²) in [4.78, 5) is 4.57. The lowest BCUT2D eigenvalue weighted by atomic mass is 10.3. The Morgan fingerprint density at radius 3 is 2.95 bits per heavy atom. The van der Waals surface area contributed by atoms with E-state index in [9.17, 15) is 0 Å². The minimum absolute atomic E-state index is 0.808. The van der Waals surface area contributed by atoms with Gasteiger partial charge in [-0.25, -0.2) is 9.66 Å². The van der Waals surface area contributed by atoms with Crippen LogP contribution in [0.5, 0.6) is 0 Å². The third-order valence-corrected chi connectivity index (χ3v) is 2.99. The predicted octanol–water partition coefficient (Wildman–Crippen LogP) is 3.74. The van der Waals surface area contributed by atoms with Crippen molar-refractivity contribution in [2.24, 2.45) is 5.10 Å². The quantitative estimate of drug-likeness (QED) is 0.674. The Kier molecular flexibility index (Phi) is 3.46. The molecule has 1 aromatic carbocycles. The van der Waals surface area contributed by atoms with Gasteiger partial charge < -0.3 is 4.42 Å². The highest BCUT2D eigenvalue weighted by Gasteiger charge is 2.06. The topological polar surface area (TPSA) is 43.3 Å². The number of nitrogens with zero attached hydrogens (tertiary/aromatic N) is 3. The first kappa shape index (κ1) is 12.4. The van der Waals surface area contributed by atoms with Crippen molar-refractivity contribution < 1.29 is 4.42 Å². The summed E-state index contributed by atoms with van der Waals surface area (Å²) in [6, 6.07) is 11.8. The lowest BCUT2D eigenvalue weighted by molar-refractivity contribution is 0.557. The molecule has 0 spiro atoms. The number of rotatable bonds is 4. The number of aromatic nitrogens is 2. The van der Waals surface area contributed by atoms with E-state index in [1.807, 2.05) is 53.2 Å². The van der Waals surface area contributed by atoms with Crippen LogP contribution in [-0.4, -0.2) is 15.9 Å². The molecule has 0 saturated carbocycles. The summed E-state index contributed by atoms with van der Waals surface area (Å²) in [6.07, 6.45) is 7.96. The van der Waals surface area contributed by atoms with Crippen LogP contribution >= 0.6 is 0 Å². The number of para-hydroxylation sites is 2. The van der Waals surface area contributed by atoms with E-state index in [0.29, 0.717) is 0 Å². The Morgan fingerprint density at radius 2 is 2.15 bits per heavy atom. The molecule has 0 atom stereocenters. The highest BCUT2D eigenvalue weighted by Crippen LogP contribution is 2.15. The normalized spacial score (nSPS) is 12.1. The number of hydrogen-bond acceptors (Lipinski definition) is 3. The van der Waals surface area contributed by atoms with E-state index in [1.165, 1.54) is 0 Å². The Hall–Kier alpha value is -2.62. The van der Waals surface area contributed by atoms with Gasteiger partial charge in [0.2, 0.25) is 0 Å². The fourth-order valence-corrected chi connectivity index (χ4v) is 2.05. The minimum atomic E-state index is 0.808. The van der Waals surface area contributed by atoms with Crippen LogP contribution in [0.25, 0.3) is 17.1 Å². The van der Waals surface area contributed by atoms with E-state index >= 15 is 0 Å². The number of hydrogen-bond donors (Lipinski definition) is 0. The van der Waals surface area contributed by atoms with Crippen LogP contribution in [0.15, 0.2) is 58.3 Å². The molecule has 0 amide bonds. The molecule has 0 bridgehead atoms. The maximum Gasteiger partial charge on any atom is 0.131 e. The molecule has 3 aromatic rings.